The molecule has 11 heteroatoms. The Balaban J connectivity index is 0.00000190. The Hall–Kier alpha value is -2.54. The van der Waals surface area contributed by atoms with E-state index in [-0.39, 0.29) is 30.4 Å². The van der Waals surface area contributed by atoms with Crippen molar-refractivity contribution in [1.29, 1.82) is 5.26 Å². The molecule has 1 N–H and O–H groups in total. The van der Waals surface area contributed by atoms with E-state index >= 15 is 0 Å². The summed E-state index contributed by atoms with van der Waals surface area (Å²) in [5.74, 6) is 1.76. The minimum atomic E-state index is -0.0602. The summed E-state index contributed by atoms with van der Waals surface area (Å²) in [5, 5.41) is 13.6. The highest BCUT2D eigenvalue weighted by Gasteiger charge is 2.23. The third-order valence-electron chi connectivity index (χ3n) is 6.82. The first-order valence-corrected chi connectivity index (χ1v) is 12.3. The molecular formula is C26H30Cl3N5O3. The average molecular weight is 567 g/mol. The maximum atomic E-state index is 12.2. The fraction of sp³-hybridized carbons (Fsp3) is 0.423. The Morgan fingerprint density at radius 2 is 2.05 bits per heavy atom. The summed E-state index contributed by atoms with van der Waals surface area (Å²) >= 11 is 6.49. The van der Waals surface area contributed by atoms with Gasteiger partial charge in [-0.05, 0) is 61.2 Å². The van der Waals surface area contributed by atoms with E-state index in [1.165, 1.54) is 6.07 Å². The van der Waals surface area contributed by atoms with Crippen LogP contribution in [-0.4, -0.2) is 53.8 Å². The Bertz CT molecular complexity index is 1360. The highest BCUT2D eigenvalue weighted by atomic mass is 35.5. The van der Waals surface area contributed by atoms with Crippen LogP contribution in [0.5, 0.6) is 11.5 Å². The summed E-state index contributed by atoms with van der Waals surface area (Å²) < 4.78 is 12.9. The minimum absolute atomic E-state index is 0. The number of halogens is 3. The number of rotatable bonds is 7. The van der Waals surface area contributed by atoms with E-state index in [0.29, 0.717) is 47.8 Å². The van der Waals surface area contributed by atoms with Gasteiger partial charge in [0, 0.05) is 38.9 Å². The van der Waals surface area contributed by atoms with Crippen LogP contribution >= 0.6 is 36.4 Å². The molecule has 0 spiro atoms. The van der Waals surface area contributed by atoms with Gasteiger partial charge in [0.1, 0.15) is 19.3 Å². The molecule has 198 valence electrons. The number of fused-ring (bicyclic) bond motifs is 2. The Morgan fingerprint density at radius 3 is 2.86 bits per heavy atom. The highest BCUT2D eigenvalue weighted by molar-refractivity contribution is 6.32. The molecule has 1 atom stereocenters. The van der Waals surface area contributed by atoms with Crippen LogP contribution < -0.4 is 20.3 Å². The zero-order valence-electron chi connectivity index (χ0n) is 20.5. The molecule has 5 rings (SSSR count). The number of nitrogens with zero attached hydrogens (tertiary/aromatic N) is 4. The summed E-state index contributed by atoms with van der Waals surface area (Å²) in [6.45, 7) is 5.48. The molecule has 0 saturated carbocycles. The van der Waals surface area contributed by atoms with Gasteiger partial charge in [0.25, 0.3) is 5.56 Å². The summed E-state index contributed by atoms with van der Waals surface area (Å²) in [5.41, 5.74) is 4.06. The second-order valence-corrected chi connectivity index (χ2v) is 9.57. The minimum Gasteiger partial charge on any atom is -0.486 e. The molecular weight excluding hydrogens is 537 g/mol. The van der Waals surface area contributed by atoms with Gasteiger partial charge in [0.05, 0.1) is 21.6 Å². The molecule has 0 radical (unpaired) electrons. The van der Waals surface area contributed by atoms with E-state index in [1.807, 2.05) is 12.1 Å². The number of aromatic nitrogens is 2. The van der Waals surface area contributed by atoms with Crippen molar-refractivity contribution >= 4 is 47.4 Å². The van der Waals surface area contributed by atoms with Crippen LogP contribution in [0.25, 0.3) is 11.0 Å². The van der Waals surface area contributed by atoms with Gasteiger partial charge in [0.2, 0.25) is 0 Å². The molecule has 1 saturated heterocycles. The number of nitriles is 1. The fourth-order valence-corrected chi connectivity index (χ4v) is 5.24. The zero-order chi connectivity index (χ0) is 24.4. The first-order valence-electron chi connectivity index (χ1n) is 11.9. The lowest BCUT2D eigenvalue weighted by Gasteiger charge is -2.20. The van der Waals surface area contributed by atoms with Gasteiger partial charge in [-0.3, -0.25) is 9.78 Å². The van der Waals surface area contributed by atoms with Crippen molar-refractivity contribution in [2.24, 2.45) is 13.0 Å². The second-order valence-electron chi connectivity index (χ2n) is 9.16. The van der Waals surface area contributed by atoms with Crippen molar-refractivity contribution in [3.63, 3.8) is 0 Å². The monoisotopic (exact) mass is 565 g/mol. The molecule has 2 aliphatic heterocycles. The quantitative estimate of drug-likeness (QED) is 0.466. The lowest BCUT2D eigenvalue weighted by atomic mass is 10.1. The van der Waals surface area contributed by atoms with Crippen molar-refractivity contribution in [3.05, 3.63) is 62.5 Å². The van der Waals surface area contributed by atoms with Gasteiger partial charge >= 0.3 is 0 Å². The summed E-state index contributed by atoms with van der Waals surface area (Å²) in [7, 11) is 1.77. The fourth-order valence-electron chi connectivity index (χ4n) is 5.01. The van der Waals surface area contributed by atoms with Crippen molar-refractivity contribution in [1.82, 2.24) is 19.8 Å². The van der Waals surface area contributed by atoms with Gasteiger partial charge in [-0.2, -0.15) is 5.26 Å². The van der Waals surface area contributed by atoms with Crippen LogP contribution in [-0.2, 0) is 20.0 Å². The Kier molecular flexibility index (Phi) is 10.0. The Labute approximate surface area is 233 Å². The molecule has 2 aliphatic rings. The van der Waals surface area contributed by atoms with Gasteiger partial charge in [-0.15, -0.1) is 24.8 Å². The van der Waals surface area contributed by atoms with Crippen LogP contribution in [0.15, 0.2) is 35.3 Å². The topological polar surface area (TPSA) is 92.4 Å². The third-order valence-corrected chi connectivity index (χ3v) is 7.14. The molecule has 37 heavy (non-hydrogen) atoms. The van der Waals surface area contributed by atoms with Gasteiger partial charge in [-0.25, -0.2) is 0 Å². The summed E-state index contributed by atoms with van der Waals surface area (Å²) in [4.78, 5) is 19.0. The van der Waals surface area contributed by atoms with E-state index in [1.54, 1.807) is 23.9 Å². The van der Waals surface area contributed by atoms with Crippen molar-refractivity contribution in [3.8, 4) is 17.6 Å². The molecule has 0 unspecified atom stereocenters. The SMILES string of the molecule is Cl.Cl.Cn1c(=O)ccc2ncc(Cl)c(CCN3CC[C@H](CNCc4cc(C#N)c5c(c4)OCCO5)C3)c21. The Morgan fingerprint density at radius 1 is 1.24 bits per heavy atom. The molecule has 0 amide bonds. The predicted octanol–water partition coefficient (Wildman–Crippen LogP) is 3.73. The number of pyridine rings is 2. The molecule has 0 bridgehead atoms. The second kappa shape index (κ2) is 12.8. The largest absolute Gasteiger partial charge is 0.486 e. The zero-order valence-corrected chi connectivity index (χ0v) is 22.9. The van der Waals surface area contributed by atoms with Gasteiger partial charge < -0.3 is 24.3 Å². The van der Waals surface area contributed by atoms with Crippen LogP contribution in [0, 0.1) is 17.2 Å². The molecule has 1 aromatic carbocycles. The lowest BCUT2D eigenvalue weighted by Crippen LogP contribution is -2.28. The molecule has 3 aromatic rings. The number of nitrogens with one attached hydrogen (secondary N) is 1. The molecule has 0 aliphatic carbocycles. The highest BCUT2D eigenvalue weighted by Crippen LogP contribution is 2.35. The number of hydrogen-bond acceptors (Lipinski definition) is 7. The summed E-state index contributed by atoms with van der Waals surface area (Å²) in [6, 6.07) is 9.34. The smallest absolute Gasteiger partial charge is 0.250 e. The van der Waals surface area contributed by atoms with Crippen LogP contribution in [0.4, 0.5) is 0 Å². The van der Waals surface area contributed by atoms with E-state index in [0.717, 1.165) is 61.2 Å². The number of hydrogen-bond donors (Lipinski definition) is 1. The molecule has 4 heterocycles. The number of aryl methyl sites for hydroxylation is 1. The van der Waals surface area contributed by atoms with Crippen molar-refractivity contribution < 1.29 is 9.47 Å². The first-order chi connectivity index (χ1) is 17.0. The van der Waals surface area contributed by atoms with Crippen molar-refractivity contribution in [2.45, 2.75) is 19.4 Å². The van der Waals surface area contributed by atoms with E-state index < -0.39 is 0 Å². The van der Waals surface area contributed by atoms with Crippen LogP contribution in [0.3, 0.4) is 0 Å². The number of benzene rings is 1. The van der Waals surface area contributed by atoms with Gasteiger partial charge in [-0.1, -0.05) is 11.6 Å². The van der Waals surface area contributed by atoms with E-state index in [2.05, 4.69) is 21.3 Å². The maximum Gasteiger partial charge on any atom is 0.250 e. The normalized spacial score (nSPS) is 16.6. The van der Waals surface area contributed by atoms with E-state index in [9.17, 15) is 10.1 Å². The van der Waals surface area contributed by atoms with E-state index in [4.69, 9.17) is 21.1 Å². The maximum absolute atomic E-state index is 12.2. The van der Waals surface area contributed by atoms with Crippen LogP contribution in [0.2, 0.25) is 5.02 Å². The van der Waals surface area contributed by atoms with Crippen LogP contribution in [0.1, 0.15) is 23.1 Å². The van der Waals surface area contributed by atoms with Crippen molar-refractivity contribution in [2.75, 3.05) is 39.4 Å². The standard InChI is InChI=1S/C26H28ClN5O3.2ClH/c1-31-24(33)3-2-22-25(31)20(21(27)15-30-22)5-7-32-6-4-17(16-32)13-29-14-18-10-19(12-28)26-23(11-18)34-8-9-35-26;;/h2-3,10-11,15,17,29H,4-9,13-14,16H2,1H3;2*1H/t17-;;/m1../s1. The molecule has 8 nitrogen and oxygen atoms in total. The number of likely N-dealkylation sites (tertiary alicyclic amines) is 1. The molecule has 2 aromatic heterocycles. The lowest BCUT2D eigenvalue weighted by molar-refractivity contribution is 0.171. The third kappa shape index (κ3) is 6.31. The number of ether oxygens (including phenoxy) is 2. The summed E-state index contributed by atoms with van der Waals surface area (Å²) in [6.07, 6.45) is 3.57. The first kappa shape index (κ1) is 29.0. The van der Waals surface area contributed by atoms with Gasteiger partial charge in [0.15, 0.2) is 11.5 Å². The predicted molar refractivity (Wildman–Crippen MR) is 149 cm³/mol. The average Bonchev–Trinajstić information content (AvgIpc) is 3.33. The molecule has 1 fully saturated rings.